The quantitative estimate of drug-likeness (QED) is 0.120. The summed E-state index contributed by atoms with van der Waals surface area (Å²) in [5.74, 6) is 0.803. The van der Waals surface area contributed by atoms with Crippen molar-refractivity contribution in [2.24, 2.45) is 7.05 Å². The Morgan fingerprint density at radius 2 is 1.65 bits per heavy atom. The summed E-state index contributed by atoms with van der Waals surface area (Å²) in [7, 11) is 0.987. The van der Waals surface area contributed by atoms with Crippen molar-refractivity contribution in [3.05, 3.63) is 83.5 Å². The van der Waals surface area contributed by atoms with Gasteiger partial charge >= 0.3 is 6.03 Å². The summed E-state index contributed by atoms with van der Waals surface area (Å²) < 4.78 is 36.9. The predicted molar refractivity (Wildman–Crippen MR) is 238 cm³/mol. The zero-order chi connectivity index (χ0) is 42.1. The van der Waals surface area contributed by atoms with E-state index in [1.54, 1.807) is 43.5 Å². The van der Waals surface area contributed by atoms with Gasteiger partial charge in [0.15, 0.2) is 0 Å². The molecule has 3 saturated heterocycles. The number of methoxy groups -OCH3 is 1. The van der Waals surface area contributed by atoms with E-state index < -0.39 is 13.2 Å². The van der Waals surface area contributed by atoms with E-state index in [9.17, 15) is 14.2 Å². The zero-order valence-corrected chi connectivity index (χ0v) is 36.5. The average molecular weight is 901 g/mol. The number of piperazine rings is 1. The van der Waals surface area contributed by atoms with Gasteiger partial charge in [0, 0.05) is 112 Å². The number of hydrogen-bond acceptors (Lipinski definition) is 12. The second kappa shape index (κ2) is 17.2. The fourth-order valence-electron chi connectivity index (χ4n) is 8.23. The molecule has 0 aliphatic carbocycles. The lowest BCUT2D eigenvalue weighted by atomic mass is 9.98. The van der Waals surface area contributed by atoms with Crippen LogP contribution in [0.25, 0.3) is 11.1 Å². The fourth-order valence-corrected chi connectivity index (χ4v) is 9.68. The van der Waals surface area contributed by atoms with Crippen molar-refractivity contribution >= 4 is 80.5 Å². The van der Waals surface area contributed by atoms with E-state index in [1.807, 2.05) is 43.7 Å². The maximum atomic E-state index is 15.4. The number of anilines is 7. The Hall–Kier alpha value is -5.51. The number of benzene rings is 3. The van der Waals surface area contributed by atoms with E-state index in [0.29, 0.717) is 63.9 Å². The Morgan fingerprint density at radius 1 is 0.900 bits per heavy atom. The van der Waals surface area contributed by atoms with Gasteiger partial charge in [0.05, 0.1) is 34.8 Å². The normalized spacial score (nSPS) is 16.9. The number of nitrogens with one attached hydrogen (secondary N) is 3. The lowest BCUT2D eigenvalue weighted by molar-refractivity contribution is -0.120. The first-order chi connectivity index (χ1) is 28.8. The number of aromatic nitrogens is 4. The topological polar surface area (TPSA) is 153 Å². The zero-order valence-electron chi connectivity index (χ0n) is 34.0. The van der Waals surface area contributed by atoms with Gasteiger partial charge in [-0.25, -0.2) is 14.2 Å². The van der Waals surface area contributed by atoms with E-state index in [1.165, 1.54) is 11.0 Å². The van der Waals surface area contributed by atoms with Crippen molar-refractivity contribution in [1.29, 1.82) is 0 Å². The highest BCUT2D eigenvalue weighted by atomic mass is 79.9. The Kier molecular flexibility index (Phi) is 11.8. The summed E-state index contributed by atoms with van der Waals surface area (Å²) in [6, 6.07) is 16.4. The molecule has 3 aliphatic heterocycles. The number of nitrogens with zero attached hydrogens (tertiary/aromatic N) is 8. The number of urea groups is 1. The second-order valence-corrected chi connectivity index (χ2v) is 19.7. The molecule has 3 amide bonds. The Bertz CT molecular complexity index is 2460. The number of ether oxygens (including phenoxy) is 1. The standard InChI is InChI=1S/C42H48BrFN11O4P/c1-51-26-27(24-46-51)30-22-34(48-41-45-25-31(43)40(50-41)47-33-7-5-6-8-38(33)60(3,4)58)37(59-2)23-36(30)53-14-11-28(12-15-53)52-17-19-54(20-18-52)35-10-9-29(21-32(35)44)55-16-13-39(56)49-42(55)57/h5-10,21-26,28H,11-20H2,1-4H3,(H,49,56,57)(H2,45,47,48,50). The maximum absolute atomic E-state index is 15.4. The van der Waals surface area contributed by atoms with Crippen molar-refractivity contribution in [2.75, 3.05) is 91.6 Å². The molecule has 3 aromatic carbocycles. The van der Waals surface area contributed by atoms with Crippen molar-refractivity contribution in [3.63, 3.8) is 0 Å². The van der Waals surface area contributed by atoms with E-state index in [2.05, 4.69) is 68.8 Å². The highest BCUT2D eigenvalue weighted by Gasteiger charge is 2.31. The van der Waals surface area contributed by atoms with Crippen molar-refractivity contribution in [3.8, 4) is 16.9 Å². The van der Waals surface area contributed by atoms with Gasteiger partial charge < -0.3 is 29.7 Å². The van der Waals surface area contributed by atoms with Crippen LogP contribution in [0.2, 0.25) is 0 Å². The average Bonchev–Trinajstić information content (AvgIpc) is 3.67. The first kappa shape index (κ1) is 41.2. The number of hydrogen-bond donors (Lipinski definition) is 3. The fraction of sp³-hybridized carbons (Fsp3) is 0.357. The van der Waals surface area contributed by atoms with Crippen LogP contribution in [-0.2, 0) is 16.4 Å². The van der Waals surface area contributed by atoms with E-state index >= 15 is 4.39 Å². The molecule has 2 aromatic heterocycles. The predicted octanol–water partition coefficient (Wildman–Crippen LogP) is 6.76. The largest absolute Gasteiger partial charge is 0.494 e. The van der Waals surface area contributed by atoms with Gasteiger partial charge in [-0.15, -0.1) is 0 Å². The van der Waals surface area contributed by atoms with Gasteiger partial charge in [0.1, 0.15) is 24.5 Å². The highest BCUT2D eigenvalue weighted by Crippen LogP contribution is 2.42. The van der Waals surface area contributed by atoms with Crippen LogP contribution in [0.15, 0.2) is 77.7 Å². The molecule has 5 heterocycles. The number of aryl methyl sites for hydroxylation is 1. The highest BCUT2D eigenvalue weighted by molar-refractivity contribution is 9.10. The SMILES string of the molecule is COc1cc(N2CCC(N3CCN(c4ccc(N5CCC(=O)NC5=O)cc4F)CC3)CC2)c(-c2cnn(C)c2)cc1Nc1ncc(Br)c(Nc2ccccc2P(C)(C)=O)n1. The van der Waals surface area contributed by atoms with Gasteiger partial charge in [0.25, 0.3) is 0 Å². The van der Waals surface area contributed by atoms with Gasteiger partial charge in [-0.3, -0.25) is 24.6 Å². The summed E-state index contributed by atoms with van der Waals surface area (Å²) in [6.45, 7) is 8.42. The molecule has 3 N–H and O–H groups in total. The van der Waals surface area contributed by atoms with Crippen LogP contribution in [0, 0.1) is 5.82 Å². The number of rotatable bonds is 11. The number of piperidine rings is 1. The molecule has 0 unspecified atom stereocenters. The van der Waals surface area contributed by atoms with Gasteiger partial charge in [-0.1, -0.05) is 12.1 Å². The molecule has 8 rings (SSSR count). The number of imide groups is 1. The van der Waals surface area contributed by atoms with Crippen LogP contribution in [-0.4, -0.2) is 109 Å². The molecular formula is C42H48BrFN11O4P. The van der Waals surface area contributed by atoms with Crippen LogP contribution in [0.1, 0.15) is 19.3 Å². The number of carbonyl (C=O) groups excluding carboxylic acids is 2. The molecule has 5 aromatic rings. The summed E-state index contributed by atoms with van der Waals surface area (Å²) in [5, 5.41) is 14.2. The number of halogens is 2. The smallest absolute Gasteiger partial charge is 0.328 e. The van der Waals surface area contributed by atoms with Gasteiger partial charge in [0.2, 0.25) is 11.9 Å². The minimum Gasteiger partial charge on any atom is -0.494 e. The Morgan fingerprint density at radius 3 is 2.33 bits per heavy atom. The van der Waals surface area contributed by atoms with Gasteiger partial charge in [-0.05, 0) is 78.5 Å². The third kappa shape index (κ3) is 8.84. The van der Waals surface area contributed by atoms with Crippen molar-refractivity contribution in [2.45, 2.75) is 25.3 Å². The van der Waals surface area contributed by atoms with Gasteiger partial charge in [-0.2, -0.15) is 10.1 Å². The third-order valence-electron chi connectivity index (χ3n) is 11.3. The maximum Gasteiger partial charge on any atom is 0.328 e. The molecule has 0 atom stereocenters. The van der Waals surface area contributed by atoms with Crippen molar-refractivity contribution in [1.82, 2.24) is 30.0 Å². The molecule has 0 saturated carbocycles. The molecule has 0 spiro atoms. The molecular weight excluding hydrogens is 852 g/mol. The van der Waals surface area contributed by atoms with Crippen molar-refractivity contribution < 1.29 is 23.3 Å². The molecule has 0 radical (unpaired) electrons. The first-order valence-electron chi connectivity index (χ1n) is 19.9. The summed E-state index contributed by atoms with van der Waals surface area (Å²) in [6.07, 6.45) is 7.65. The Balaban J connectivity index is 0.951. The number of carbonyl (C=O) groups is 2. The molecule has 60 heavy (non-hydrogen) atoms. The molecule has 15 nitrogen and oxygen atoms in total. The van der Waals surface area contributed by atoms with Crippen LogP contribution < -0.4 is 40.7 Å². The summed E-state index contributed by atoms with van der Waals surface area (Å²) in [4.78, 5) is 41.6. The second-order valence-electron chi connectivity index (χ2n) is 15.6. The van der Waals surface area contributed by atoms with Crippen LogP contribution in [0.3, 0.4) is 0 Å². The first-order valence-corrected chi connectivity index (χ1v) is 23.3. The molecule has 0 bridgehead atoms. The molecule has 18 heteroatoms. The Labute approximate surface area is 356 Å². The van der Waals surface area contributed by atoms with Crippen LogP contribution in [0.4, 0.5) is 49.4 Å². The minimum absolute atomic E-state index is 0.185. The summed E-state index contributed by atoms with van der Waals surface area (Å²) in [5.41, 5.74) is 5.36. The molecule has 3 fully saturated rings. The lowest BCUT2D eigenvalue weighted by Crippen LogP contribution is -2.53. The van der Waals surface area contributed by atoms with Crippen LogP contribution in [0.5, 0.6) is 5.75 Å². The van der Waals surface area contributed by atoms with E-state index in [4.69, 9.17) is 9.72 Å². The van der Waals surface area contributed by atoms with Crippen LogP contribution >= 0.6 is 23.1 Å². The third-order valence-corrected chi connectivity index (χ3v) is 13.5. The molecule has 3 aliphatic rings. The monoisotopic (exact) mass is 899 g/mol. The van der Waals surface area contributed by atoms with E-state index in [-0.39, 0.29) is 24.7 Å². The lowest BCUT2D eigenvalue weighted by Gasteiger charge is -2.44. The summed E-state index contributed by atoms with van der Waals surface area (Å²) >= 11 is 3.57. The minimum atomic E-state index is -2.56. The van der Waals surface area contributed by atoms with E-state index in [0.717, 1.165) is 61.1 Å². The number of amides is 3. The number of para-hydroxylation sites is 1. The molecule has 314 valence electrons.